The van der Waals surface area contributed by atoms with Gasteiger partial charge in [-0.05, 0) is 25.0 Å². The second-order valence-corrected chi connectivity index (χ2v) is 5.32. The van der Waals surface area contributed by atoms with Gasteiger partial charge >= 0.3 is 0 Å². The van der Waals surface area contributed by atoms with Crippen molar-refractivity contribution in [2.75, 3.05) is 13.1 Å². The van der Waals surface area contributed by atoms with Crippen molar-refractivity contribution in [3.63, 3.8) is 0 Å². The first kappa shape index (κ1) is 11.9. The summed E-state index contributed by atoms with van der Waals surface area (Å²) >= 11 is 0. The van der Waals surface area contributed by atoms with E-state index < -0.39 is 0 Å². The van der Waals surface area contributed by atoms with Crippen LogP contribution in [0.5, 0.6) is 0 Å². The Morgan fingerprint density at radius 3 is 2.89 bits per heavy atom. The van der Waals surface area contributed by atoms with Crippen LogP contribution in [-0.2, 0) is 0 Å². The Bertz CT molecular complexity index is 429. The predicted molar refractivity (Wildman–Crippen MR) is 72.2 cm³/mol. The lowest BCUT2D eigenvalue weighted by atomic mass is 9.86. The minimum Gasteiger partial charge on any atom is -0.391 e. The molecule has 3 nitrogen and oxygen atoms in total. The van der Waals surface area contributed by atoms with E-state index in [1.807, 2.05) is 6.07 Å². The molecule has 1 aliphatic carbocycles. The van der Waals surface area contributed by atoms with Gasteiger partial charge in [-0.3, -0.25) is 0 Å². The van der Waals surface area contributed by atoms with E-state index in [1.54, 1.807) is 0 Å². The van der Waals surface area contributed by atoms with E-state index in [4.69, 9.17) is 0 Å². The minimum absolute atomic E-state index is 0.185. The van der Waals surface area contributed by atoms with Crippen LogP contribution in [0.15, 0.2) is 30.3 Å². The number of hydrogen-bond donors (Lipinski definition) is 2. The number of aliphatic hydroxyl groups is 1. The first-order valence-corrected chi connectivity index (χ1v) is 6.92. The Morgan fingerprint density at radius 1 is 1.22 bits per heavy atom. The van der Waals surface area contributed by atoms with Crippen molar-refractivity contribution < 1.29 is 9.68 Å². The van der Waals surface area contributed by atoms with Gasteiger partial charge in [0.25, 0.3) is 0 Å². The molecular formula is C15H21N2O+. The van der Waals surface area contributed by atoms with Crippen LogP contribution in [0.4, 0.5) is 0 Å². The van der Waals surface area contributed by atoms with Gasteiger partial charge < -0.3 is 10.4 Å². The minimum atomic E-state index is -0.185. The fraction of sp³-hybridized carbons (Fsp3) is 0.533. The summed E-state index contributed by atoms with van der Waals surface area (Å²) in [6.07, 6.45) is 5.31. The molecule has 1 aromatic carbocycles. The standard InChI is InChI=1S/C15H21N2O/c18-14-8-4-7-13-15(14)16-9-10-17(13)11-12-5-2-1-3-6-12/h1-3,5-6,11,13-16,18H,4,7-10H2/q+1. The Hall–Kier alpha value is -1.19. The number of nitrogens with zero attached hydrogens (tertiary/aromatic N) is 1. The Kier molecular flexibility index (Phi) is 3.43. The lowest BCUT2D eigenvalue weighted by Gasteiger charge is -2.37. The highest BCUT2D eigenvalue weighted by molar-refractivity contribution is 5.75. The topological polar surface area (TPSA) is 35.3 Å². The highest BCUT2D eigenvalue weighted by atomic mass is 16.3. The normalized spacial score (nSPS) is 34.3. The quantitative estimate of drug-likeness (QED) is 0.724. The molecule has 3 rings (SSSR count). The van der Waals surface area contributed by atoms with E-state index >= 15 is 0 Å². The molecule has 2 N–H and O–H groups in total. The zero-order chi connectivity index (χ0) is 12.4. The second-order valence-electron chi connectivity index (χ2n) is 5.32. The van der Waals surface area contributed by atoms with Crippen LogP contribution in [0, 0.1) is 0 Å². The molecule has 3 heteroatoms. The third-order valence-corrected chi connectivity index (χ3v) is 4.12. The van der Waals surface area contributed by atoms with Gasteiger partial charge in [0.15, 0.2) is 18.8 Å². The van der Waals surface area contributed by atoms with Crippen LogP contribution < -0.4 is 5.32 Å². The Morgan fingerprint density at radius 2 is 2.06 bits per heavy atom. The van der Waals surface area contributed by atoms with Crippen LogP contribution in [0.1, 0.15) is 24.8 Å². The maximum absolute atomic E-state index is 10.1. The molecule has 1 saturated heterocycles. The Labute approximate surface area is 108 Å². The van der Waals surface area contributed by atoms with Crippen molar-refractivity contribution in [3.05, 3.63) is 35.9 Å². The van der Waals surface area contributed by atoms with E-state index in [2.05, 4.69) is 40.4 Å². The van der Waals surface area contributed by atoms with Gasteiger partial charge in [-0.2, -0.15) is 0 Å². The first-order chi connectivity index (χ1) is 8.84. The van der Waals surface area contributed by atoms with Gasteiger partial charge in [0, 0.05) is 12.0 Å². The lowest BCUT2D eigenvalue weighted by molar-refractivity contribution is -0.578. The number of piperazine rings is 1. The van der Waals surface area contributed by atoms with E-state index in [1.165, 1.54) is 12.0 Å². The summed E-state index contributed by atoms with van der Waals surface area (Å²) < 4.78 is 2.42. The fourth-order valence-electron chi connectivity index (χ4n) is 3.21. The third-order valence-electron chi connectivity index (χ3n) is 4.12. The lowest BCUT2D eigenvalue weighted by Crippen LogP contribution is -2.60. The molecule has 1 aromatic rings. The largest absolute Gasteiger partial charge is 0.391 e. The van der Waals surface area contributed by atoms with Crippen molar-refractivity contribution in [3.8, 4) is 0 Å². The number of nitrogens with one attached hydrogen (secondary N) is 1. The van der Waals surface area contributed by atoms with E-state index in [-0.39, 0.29) is 12.1 Å². The van der Waals surface area contributed by atoms with Gasteiger partial charge in [0.1, 0.15) is 0 Å². The van der Waals surface area contributed by atoms with Gasteiger partial charge in [-0.25, -0.2) is 4.58 Å². The van der Waals surface area contributed by atoms with Gasteiger partial charge in [-0.15, -0.1) is 0 Å². The number of fused-ring (bicyclic) bond motifs is 1. The summed E-state index contributed by atoms with van der Waals surface area (Å²) in [7, 11) is 0. The molecule has 1 aliphatic heterocycles. The van der Waals surface area contributed by atoms with Crippen molar-refractivity contribution in [2.45, 2.75) is 37.5 Å². The van der Waals surface area contributed by atoms with E-state index in [9.17, 15) is 5.11 Å². The SMILES string of the molecule is OC1CCCC2C1NCC[N+]2=Cc1ccccc1. The maximum Gasteiger partial charge on any atom is 0.171 e. The van der Waals surface area contributed by atoms with Crippen LogP contribution in [-0.4, -0.2) is 47.2 Å². The number of rotatable bonds is 1. The molecule has 3 atom stereocenters. The third kappa shape index (κ3) is 2.33. The van der Waals surface area contributed by atoms with E-state index in [0.717, 1.165) is 25.9 Å². The van der Waals surface area contributed by atoms with Crippen LogP contribution >= 0.6 is 0 Å². The van der Waals surface area contributed by atoms with Crippen LogP contribution in [0.25, 0.3) is 0 Å². The molecule has 18 heavy (non-hydrogen) atoms. The summed E-state index contributed by atoms with van der Waals surface area (Å²) in [6, 6.07) is 11.1. The average molecular weight is 245 g/mol. The molecule has 1 heterocycles. The maximum atomic E-state index is 10.1. The van der Waals surface area contributed by atoms with Crippen LogP contribution in [0.3, 0.4) is 0 Å². The molecule has 96 valence electrons. The molecule has 2 fully saturated rings. The van der Waals surface area contributed by atoms with Gasteiger partial charge in [0.05, 0.1) is 18.7 Å². The summed E-state index contributed by atoms with van der Waals surface area (Å²) in [4.78, 5) is 0. The molecule has 0 radical (unpaired) electrons. The highest BCUT2D eigenvalue weighted by Crippen LogP contribution is 2.23. The first-order valence-electron chi connectivity index (χ1n) is 6.92. The summed E-state index contributed by atoms with van der Waals surface area (Å²) in [6.45, 7) is 1.99. The van der Waals surface area contributed by atoms with Crippen molar-refractivity contribution >= 4 is 6.21 Å². The highest BCUT2D eigenvalue weighted by Gasteiger charge is 2.41. The van der Waals surface area contributed by atoms with E-state index in [0.29, 0.717) is 6.04 Å². The number of benzene rings is 1. The Balaban J connectivity index is 1.85. The molecule has 3 unspecified atom stereocenters. The summed E-state index contributed by atoms with van der Waals surface area (Å²) in [5, 5.41) is 13.6. The smallest absolute Gasteiger partial charge is 0.171 e. The number of aliphatic hydroxyl groups excluding tert-OH is 1. The molecule has 2 aliphatic rings. The summed E-state index contributed by atoms with van der Waals surface area (Å²) in [5.41, 5.74) is 1.25. The fourth-order valence-corrected chi connectivity index (χ4v) is 3.21. The summed E-state index contributed by atoms with van der Waals surface area (Å²) in [5.74, 6) is 0. The molecule has 0 amide bonds. The van der Waals surface area contributed by atoms with Crippen molar-refractivity contribution in [1.82, 2.24) is 5.32 Å². The predicted octanol–water partition coefficient (Wildman–Crippen LogP) is 1.00. The number of hydrogen-bond acceptors (Lipinski definition) is 2. The monoisotopic (exact) mass is 245 g/mol. The van der Waals surface area contributed by atoms with Gasteiger partial charge in [-0.1, -0.05) is 18.2 Å². The second kappa shape index (κ2) is 5.21. The molecule has 1 saturated carbocycles. The van der Waals surface area contributed by atoms with Crippen LogP contribution in [0.2, 0.25) is 0 Å². The van der Waals surface area contributed by atoms with Gasteiger partial charge in [0.2, 0.25) is 0 Å². The molecule has 0 spiro atoms. The zero-order valence-electron chi connectivity index (χ0n) is 10.6. The molecule has 0 aromatic heterocycles. The van der Waals surface area contributed by atoms with Crippen molar-refractivity contribution in [2.24, 2.45) is 0 Å². The zero-order valence-corrected chi connectivity index (χ0v) is 10.6. The average Bonchev–Trinajstić information content (AvgIpc) is 2.41. The molecule has 0 bridgehead atoms. The molecular weight excluding hydrogens is 224 g/mol. The van der Waals surface area contributed by atoms with Crippen molar-refractivity contribution in [1.29, 1.82) is 0 Å².